The molecule has 0 bridgehead atoms. The fourth-order valence-electron chi connectivity index (χ4n) is 3.59. The van der Waals surface area contributed by atoms with Crippen LogP contribution in [0.4, 0.5) is 10.1 Å². The number of amides is 1. The smallest absolute Gasteiger partial charge is 0.231 e. The summed E-state index contributed by atoms with van der Waals surface area (Å²) < 4.78 is 24.1. The zero-order chi connectivity index (χ0) is 18.6. The fraction of sp³-hybridized carbons (Fsp3) is 0.381. The zero-order valence-electron chi connectivity index (χ0n) is 15.5. The van der Waals surface area contributed by atoms with Crippen molar-refractivity contribution >= 4 is 24.0 Å². The Hall–Kier alpha value is -2.31. The number of carbonyl (C=O) groups is 1. The first kappa shape index (κ1) is 20.4. The third-order valence-electron chi connectivity index (χ3n) is 5.15. The average molecular weight is 407 g/mol. The van der Waals surface area contributed by atoms with Gasteiger partial charge in [0, 0.05) is 12.1 Å². The summed E-state index contributed by atoms with van der Waals surface area (Å²) in [6.45, 7) is 2.63. The maximum atomic E-state index is 13.3. The van der Waals surface area contributed by atoms with Crippen molar-refractivity contribution in [1.29, 1.82) is 0 Å². The summed E-state index contributed by atoms with van der Waals surface area (Å²) in [5.74, 6) is 1.69. The van der Waals surface area contributed by atoms with Crippen LogP contribution in [-0.2, 0) is 11.3 Å². The minimum absolute atomic E-state index is 0. The molecule has 2 aliphatic rings. The van der Waals surface area contributed by atoms with Crippen molar-refractivity contribution in [2.24, 2.45) is 5.92 Å². The monoisotopic (exact) mass is 406 g/mol. The van der Waals surface area contributed by atoms with Crippen LogP contribution in [0.15, 0.2) is 42.5 Å². The number of ether oxygens (including phenoxy) is 2. The molecule has 1 amide bonds. The molecular formula is C21H24ClFN2O3. The first-order valence-electron chi connectivity index (χ1n) is 9.34. The van der Waals surface area contributed by atoms with E-state index >= 15 is 0 Å². The second kappa shape index (κ2) is 9.26. The maximum Gasteiger partial charge on any atom is 0.231 e. The van der Waals surface area contributed by atoms with E-state index in [-0.39, 0.29) is 30.9 Å². The Morgan fingerprint density at radius 3 is 2.68 bits per heavy atom. The van der Waals surface area contributed by atoms with Gasteiger partial charge in [0.15, 0.2) is 11.5 Å². The van der Waals surface area contributed by atoms with Gasteiger partial charge >= 0.3 is 0 Å². The van der Waals surface area contributed by atoms with Gasteiger partial charge in [0.05, 0.1) is 6.54 Å². The van der Waals surface area contributed by atoms with E-state index in [9.17, 15) is 9.18 Å². The third kappa shape index (κ3) is 4.75. The zero-order valence-corrected chi connectivity index (χ0v) is 16.3. The number of hydrogen-bond acceptors (Lipinski definition) is 4. The van der Waals surface area contributed by atoms with Crippen molar-refractivity contribution in [2.45, 2.75) is 25.8 Å². The van der Waals surface area contributed by atoms with Gasteiger partial charge in [-0.05, 0) is 73.8 Å². The van der Waals surface area contributed by atoms with E-state index < -0.39 is 0 Å². The van der Waals surface area contributed by atoms with Crippen LogP contribution in [0.1, 0.15) is 24.8 Å². The standard InChI is InChI=1S/C21H23FN2O3.ClH/c22-17-3-5-18(6-4-17)24(21(25)8-2-15-9-10-23-12-15)13-16-1-7-19-20(11-16)27-14-26-19;/h1,3-7,11,15,23H,2,8-10,12-14H2;1H. The normalized spacial score (nSPS) is 17.2. The molecule has 2 aromatic rings. The SMILES string of the molecule is Cl.O=C(CCC1CCNC1)N(Cc1ccc2c(c1)OCO2)c1ccc(F)cc1. The molecular weight excluding hydrogens is 383 g/mol. The van der Waals surface area contributed by atoms with E-state index in [1.54, 1.807) is 17.0 Å². The van der Waals surface area contributed by atoms with Crippen LogP contribution in [0, 0.1) is 11.7 Å². The number of fused-ring (bicyclic) bond motifs is 1. The molecule has 2 aromatic carbocycles. The van der Waals surface area contributed by atoms with E-state index in [4.69, 9.17) is 9.47 Å². The Morgan fingerprint density at radius 1 is 1.14 bits per heavy atom. The number of halogens is 2. The van der Waals surface area contributed by atoms with Crippen molar-refractivity contribution in [2.75, 3.05) is 24.8 Å². The number of carbonyl (C=O) groups excluding carboxylic acids is 1. The summed E-state index contributed by atoms with van der Waals surface area (Å²) in [5, 5.41) is 3.33. The number of nitrogens with zero attached hydrogens (tertiary/aromatic N) is 1. The molecule has 5 nitrogen and oxygen atoms in total. The largest absolute Gasteiger partial charge is 0.454 e. The predicted molar refractivity (Wildman–Crippen MR) is 108 cm³/mol. The van der Waals surface area contributed by atoms with Crippen molar-refractivity contribution in [3.05, 3.63) is 53.8 Å². The molecule has 1 atom stereocenters. The molecule has 1 unspecified atom stereocenters. The van der Waals surface area contributed by atoms with E-state index in [2.05, 4.69) is 5.32 Å². The molecule has 1 fully saturated rings. The molecule has 2 aliphatic heterocycles. The van der Waals surface area contributed by atoms with Gasteiger partial charge in [-0.2, -0.15) is 0 Å². The molecule has 150 valence electrons. The number of hydrogen-bond donors (Lipinski definition) is 1. The summed E-state index contributed by atoms with van der Waals surface area (Å²) in [4.78, 5) is 14.7. The van der Waals surface area contributed by atoms with E-state index in [1.165, 1.54) is 12.1 Å². The lowest BCUT2D eigenvalue weighted by atomic mass is 10.0. The van der Waals surface area contributed by atoms with Crippen molar-refractivity contribution in [1.82, 2.24) is 5.32 Å². The van der Waals surface area contributed by atoms with Crippen LogP contribution in [-0.4, -0.2) is 25.8 Å². The second-order valence-electron chi connectivity index (χ2n) is 7.04. The Bertz CT molecular complexity index is 810. The molecule has 4 rings (SSSR count). The summed E-state index contributed by atoms with van der Waals surface area (Å²) in [6.07, 6.45) is 2.46. The fourth-order valence-corrected chi connectivity index (χ4v) is 3.59. The van der Waals surface area contributed by atoms with E-state index in [0.717, 1.165) is 31.5 Å². The van der Waals surface area contributed by atoms with E-state index in [1.807, 2.05) is 18.2 Å². The highest BCUT2D eigenvalue weighted by Crippen LogP contribution is 2.33. The molecule has 28 heavy (non-hydrogen) atoms. The summed E-state index contributed by atoms with van der Waals surface area (Å²) >= 11 is 0. The summed E-state index contributed by atoms with van der Waals surface area (Å²) in [5.41, 5.74) is 1.64. The molecule has 0 spiro atoms. The Labute approximate surface area is 170 Å². The Balaban J connectivity index is 0.00000225. The highest BCUT2D eigenvalue weighted by molar-refractivity contribution is 5.93. The lowest BCUT2D eigenvalue weighted by Gasteiger charge is -2.24. The highest BCUT2D eigenvalue weighted by atomic mass is 35.5. The average Bonchev–Trinajstić information content (AvgIpc) is 3.36. The molecule has 0 aliphatic carbocycles. The Morgan fingerprint density at radius 2 is 1.93 bits per heavy atom. The number of nitrogens with one attached hydrogen (secondary N) is 1. The van der Waals surface area contributed by atoms with Crippen LogP contribution < -0.4 is 19.7 Å². The molecule has 1 saturated heterocycles. The lowest BCUT2D eigenvalue weighted by molar-refractivity contribution is -0.119. The van der Waals surface area contributed by atoms with Gasteiger partial charge in [-0.3, -0.25) is 4.79 Å². The van der Waals surface area contributed by atoms with Crippen molar-refractivity contribution in [3.63, 3.8) is 0 Å². The van der Waals surface area contributed by atoms with Gasteiger partial charge in [-0.15, -0.1) is 12.4 Å². The van der Waals surface area contributed by atoms with Gasteiger partial charge < -0.3 is 19.7 Å². The molecule has 0 saturated carbocycles. The van der Waals surface area contributed by atoms with Gasteiger partial charge in [-0.25, -0.2) is 4.39 Å². The Kier molecular flexibility index (Phi) is 6.75. The number of anilines is 1. The van der Waals surface area contributed by atoms with E-state index in [0.29, 0.717) is 36.1 Å². The van der Waals surface area contributed by atoms with Gasteiger partial charge in [0.25, 0.3) is 0 Å². The van der Waals surface area contributed by atoms with Gasteiger partial charge in [0.1, 0.15) is 5.82 Å². The molecule has 2 heterocycles. The molecule has 0 aromatic heterocycles. The second-order valence-corrected chi connectivity index (χ2v) is 7.04. The van der Waals surface area contributed by atoms with Crippen LogP contribution in [0.25, 0.3) is 0 Å². The molecule has 0 radical (unpaired) electrons. The van der Waals surface area contributed by atoms with Crippen molar-refractivity contribution < 1.29 is 18.7 Å². The minimum Gasteiger partial charge on any atom is -0.454 e. The lowest BCUT2D eigenvalue weighted by Crippen LogP contribution is -2.30. The first-order valence-corrected chi connectivity index (χ1v) is 9.34. The summed E-state index contributed by atoms with van der Waals surface area (Å²) in [6, 6.07) is 11.8. The van der Waals surface area contributed by atoms with Gasteiger partial charge in [-0.1, -0.05) is 6.07 Å². The number of benzene rings is 2. The number of rotatable bonds is 6. The van der Waals surface area contributed by atoms with Crippen LogP contribution in [0.5, 0.6) is 11.5 Å². The predicted octanol–water partition coefficient (Wildman–Crippen LogP) is 3.90. The van der Waals surface area contributed by atoms with Crippen LogP contribution in [0.2, 0.25) is 0 Å². The van der Waals surface area contributed by atoms with Crippen LogP contribution >= 0.6 is 12.4 Å². The quantitative estimate of drug-likeness (QED) is 0.790. The molecule has 7 heteroatoms. The maximum absolute atomic E-state index is 13.3. The topological polar surface area (TPSA) is 50.8 Å². The first-order chi connectivity index (χ1) is 13.2. The summed E-state index contributed by atoms with van der Waals surface area (Å²) in [7, 11) is 0. The highest BCUT2D eigenvalue weighted by Gasteiger charge is 2.21. The minimum atomic E-state index is -0.314. The third-order valence-corrected chi connectivity index (χ3v) is 5.15. The van der Waals surface area contributed by atoms with Crippen molar-refractivity contribution in [3.8, 4) is 11.5 Å². The molecule has 1 N–H and O–H groups in total. The van der Waals surface area contributed by atoms with Gasteiger partial charge in [0.2, 0.25) is 12.7 Å². The van der Waals surface area contributed by atoms with Crippen LogP contribution in [0.3, 0.4) is 0 Å².